The molecule has 5 heavy (non-hydrogen) atoms. The minimum absolute atomic E-state index is 0. The first-order valence-corrected chi connectivity index (χ1v) is 0. The third-order valence-corrected chi connectivity index (χ3v) is 0. The summed E-state index contributed by atoms with van der Waals surface area (Å²) in [6.07, 6.45) is 0. The van der Waals surface area contributed by atoms with E-state index in [9.17, 15) is 0 Å². The molecule has 0 unspecified atom stereocenters. The predicted molar refractivity (Wildman–Crippen MR) is 11.0 cm³/mol. The van der Waals surface area contributed by atoms with Crippen LogP contribution < -0.4 is 88.7 Å². The van der Waals surface area contributed by atoms with Crippen LogP contribution in [-0.2, 0) is 13.5 Å². The Morgan fingerprint density at radius 1 is 0.600 bits per heavy atom. The maximum Gasteiger partial charge on any atom is 1.00 e. The van der Waals surface area contributed by atoms with Crippen molar-refractivity contribution in [2.24, 2.45) is 0 Å². The Bertz CT molecular complexity index is 6.85. The van der Waals surface area contributed by atoms with Crippen molar-refractivity contribution in [3.63, 3.8) is 0 Å². The monoisotopic (exact) mass is 119 g/mol. The average Bonchev–Trinajstić information content (AvgIpc) is 0. The van der Waals surface area contributed by atoms with Crippen molar-refractivity contribution in [3.05, 3.63) is 0 Å². The normalized spacial score (nSPS) is 0. The van der Waals surface area contributed by atoms with Crippen LogP contribution in [0.15, 0.2) is 0 Å². The fourth-order valence-corrected chi connectivity index (χ4v) is 0. The van der Waals surface area contributed by atoms with Crippen LogP contribution in [0.3, 0.4) is 0 Å². The van der Waals surface area contributed by atoms with Crippen molar-refractivity contribution >= 4 is 13.5 Å². The van der Waals surface area contributed by atoms with E-state index in [-0.39, 0.29) is 108 Å². The van der Waals surface area contributed by atoms with Crippen molar-refractivity contribution in [1.82, 2.24) is 0 Å². The van der Waals surface area contributed by atoms with E-state index in [1.807, 2.05) is 0 Å². The van der Waals surface area contributed by atoms with Crippen molar-refractivity contribution < 1.29 is 94.1 Å². The van der Waals surface area contributed by atoms with E-state index in [2.05, 4.69) is 0 Å². The van der Waals surface area contributed by atoms with Crippen LogP contribution in [0.25, 0.3) is 0 Å². The van der Waals surface area contributed by atoms with Gasteiger partial charge in [0.15, 0.2) is 0 Å². The van der Waals surface area contributed by atoms with Crippen molar-refractivity contribution in [3.8, 4) is 0 Å². The van der Waals surface area contributed by atoms with Gasteiger partial charge in [0.2, 0.25) is 0 Å². The molecule has 0 bridgehead atoms. The molecular formula is H2Na3OS+. The zero-order chi connectivity index (χ0) is 0. The molecule has 0 spiro atoms. The van der Waals surface area contributed by atoms with Gasteiger partial charge in [-0.3, -0.25) is 0 Å². The first-order valence-electron chi connectivity index (χ1n) is 0. The molecule has 1 nitrogen and oxygen atoms in total. The Hall–Kier alpha value is 3.31. The molecule has 5 heteroatoms. The summed E-state index contributed by atoms with van der Waals surface area (Å²) in [5.41, 5.74) is 0. The minimum Gasteiger partial charge on any atom is -2.00 e. The van der Waals surface area contributed by atoms with Gasteiger partial charge in [-0.05, 0) is 0 Å². The molecule has 0 rings (SSSR count). The Morgan fingerprint density at radius 2 is 0.600 bits per heavy atom. The fourth-order valence-electron chi connectivity index (χ4n) is 0. The summed E-state index contributed by atoms with van der Waals surface area (Å²) in [5.74, 6) is 0. The molecule has 0 aliphatic rings. The van der Waals surface area contributed by atoms with Crippen molar-refractivity contribution in [1.29, 1.82) is 0 Å². The van der Waals surface area contributed by atoms with Crippen LogP contribution in [0.5, 0.6) is 0 Å². The molecule has 2 N–H and O–H groups in total. The van der Waals surface area contributed by atoms with Gasteiger partial charge in [-0.1, -0.05) is 0 Å². The van der Waals surface area contributed by atoms with Crippen LogP contribution in [0, 0.1) is 0 Å². The smallest absolute Gasteiger partial charge is 1.00 e. The van der Waals surface area contributed by atoms with E-state index in [4.69, 9.17) is 0 Å². The summed E-state index contributed by atoms with van der Waals surface area (Å²) in [6.45, 7) is 0. The first-order chi connectivity index (χ1) is 0. The zero-order valence-electron chi connectivity index (χ0n) is 3.91. The summed E-state index contributed by atoms with van der Waals surface area (Å²) in [5, 5.41) is 0. The van der Waals surface area contributed by atoms with Gasteiger partial charge in [-0.2, -0.15) is 0 Å². The van der Waals surface area contributed by atoms with E-state index in [0.717, 1.165) is 0 Å². The van der Waals surface area contributed by atoms with Gasteiger partial charge in [0.25, 0.3) is 0 Å². The molecule has 0 heterocycles. The van der Waals surface area contributed by atoms with Gasteiger partial charge < -0.3 is 19.0 Å². The standard InChI is InChI=1S/3Na.H2O.S/h;;;1H2;/q3*+1;;-2. The number of hydrogen-bond acceptors (Lipinski definition) is 0. The maximum absolute atomic E-state index is 0. The summed E-state index contributed by atoms with van der Waals surface area (Å²) in [4.78, 5) is 0. The van der Waals surface area contributed by atoms with Crippen LogP contribution in [0.1, 0.15) is 0 Å². The molecule has 0 aliphatic heterocycles. The second-order valence-corrected chi connectivity index (χ2v) is 0. The summed E-state index contributed by atoms with van der Waals surface area (Å²) in [6, 6.07) is 0. The largest absolute Gasteiger partial charge is 2.00 e. The Kier molecular flexibility index (Phi) is 215. The van der Waals surface area contributed by atoms with E-state index < -0.39 is 0 Å². The van der Waals surface area contributed by atoms with Gasteiger partial charge in [0, 0.05) is 0 Å². The summed E-state index contributed by atoms with van der Waals surface area (Å²) >= 11 is 0. The molecule has 0 radical (unpaired) electrons. The van der Waals surface area contributed by atoms with Gasteiger partial charge in [0.1, 0.15) is 0 Å². The molecule has 0 aromatic carbocycles. The van der Waals surface area contributed by atoms with Crippen LogP contribution in [0.2, 0.25) is 0 Å². The molecule has 0 fully saturated rings. The SMILES string of the molecule is O.[Na+].[Na+].[Na+].[S-2]. The van der Waals surface area contributed by atoms with E-state index in [0.29, 0.717) is 0 Å². The summed E-state index contributed by atoms with van der Waals surface area (Å²) in [7, 11) is 0. The van der Waals surface area contributed by atoms with Crippen LogP contribution in [-0.4, -0.2) is 5.48 Å². The molecule has 0 aromatic heterocycles. The van der Waals surface area contributed by atoms with Gasteiger partial charge in [0.05, 0.1) is 0 Å². The quantitative estimate of drug-likeness (QED) is 0.284. The Balaban J connectivity index is 0. The van der Waals surface area contributed by atoms with Crippen LogP contribution in [0.4, 0.5) is 0 Å². The molecular weight excluding hydrogens is 117 g/mol. The van der Waals surface area contributed by atoms with Gasteiger partial charge in [-0.15, -0.1) is 0 Å². The Morgan fingerprint density at radius 3 is 0.600 bits per heavy atom. The molecule has 0 atom stereocenters. The third-order valence-electron chi connectivity index (χ3n) is 0. The fraction of sp³-hybridized carbons (Fsp3) is 0. The molecule has 0 aliphatic carbocycles. The van der Waals surface area contributed by atoms with E-state index >= 15 is 0 Å². The second-order valence-electron chi connectivity index (χ2n) is 0. The third kappa shape index (κ3) is 18.8. The van der Waals surface area contributed by atoms with Crippen LogP contribution >= 0.6 is 0 Å². The van der Waals surface area contributed by atoms with Gasteiger partial charge in [-0.25, -0.2) is 0 Å². The van der Waals surface area contributed by atoms with E-state index in [1.165, 1.54) is 0 Å². The van der Waals surface area contributed by atoms with Gasteiger partial charge >= 0.3 is 88.7 Å². The topological polar surface area (TPSA) is 31.5 Å². The van der Waals surface area contributed by atoms with Crippen molar-refractivity contribution in [2.45, 2.75) is 0 Å². The average molecular weight is 119 g/mol. The molecule has 0 saturated carbocycles. The molecule has 0 saturated heterocycles. The van der Waals surface area contributed by atoms with E-state index in [1.54, 1.807) is 0 Å². The number of rotatable bonds is 0. The molecule has 16 valence electrons. The second kappa shape index (κ2) is 26.6. The first kappa shape index (κ1) is 40.5. The predicted octanol–water partition coefficient (Wildman–Crippen LogP) is -9.82. The zero-order valence-corrected chi connectivity index (χ0v) is 10.7. The molecule has 0 aromatic rings. The summed E-state index contributed by atoms with van der Waals surface area (Å²) < 4.78 is 0. The minimum atomic E-state index is 0. The van der Waals surface area contributed by atoms with Crippen molar-refractivity contribution in [2.75, 3.05) is 0 Å². The number of hydrogen-bond donors (Lipinski definition) is 0. The molecule has 0 amide bonds. The Labute approximate surface area is 105 Å². The maximum atomic E-state index is 0.